The van der Waals surface area contributed by atoms with E-state index >= 15 is 0 Å². The van der Waals surface area contributed by atoms with Crippen molar-refractivity contribution >= 4 is 5.82 Å². The summed E-state index contributed by atoms with van der Waals surface area (Å²) in [6.07, 6.45) is 0.868. The zero-order valence-electron chi connectivity index (χ0n) is 12.6. The van der Waals surface area contributed by atoms with E-state index in [9.17, 15) is 4.39 Å². The van der Waals surface area contributed by atoms with Gasteiger partial charge in [-0.1, -0.05) is 13.0 Å². The van der Waals surface area contributed by atoms with Crippen molar-refractivity contribution in [2.75, 3.05) is 12.4 Å². The van der Waals surface area contributed by atoms with Crippen molar-refractivity contribution < 1.29 is 9.13 Å². The first kappa shape index (κ1) is 15.4. The summed E-state index contributed by atoms with van der Waals surface area (Å²) in [5.41, 5.74) is 2.55. The SMILES string of the molecule is CCc1cc(NCc2ccc(F)c(COC)c2)nc(C)n1. The largest absolute Gasteiger partial charge is 0.380 e. The van der Waals surface area contributed by atoms with Crippen molar-refractivity contribution in [2.24, 2.45) is 0 Å². The molecule has 1 aromatic carbocycles. The smallest absolute Gasteiger partial charge is 0.130 e. The molecule has 0 bridgehead atoms. The molecule has 2 aromatic rings. The van der Waals surface area contributed by atoms with E-state index in [1.54, 1.807) is 19.2 Å². The third kappa shape index (κ3) is 4.23. The van der Waals surface area contributed by atoms with Gasteiger partial charge in [-0.15, -0.1) is 0 Å². The zero-order chi connectivity index (χ0) is 15.2. The van der Waals surface area contributed by atoms with Crippen LogP contribution in [0.1, 0.15) is 29.6 Å². The minimum absolute atomic E-state index is 0.244. The van der Waals surface area contributed by atoms with E-state index in [0.717, 1.165) is 29.3 Å². The van der Waals surface area contributed by atoms with E-state index in [1.165, 1.54) is 6.07 Å². The van der Waals surface area contributed by atoms with Gasteiger partial charge in [-0.25, -0.2) is 14.4 Å². The van der Waals surface area contributed by atoms with Crippen LogP contribution < -0.4 is 5.32 Å². The van der Waals surface area contributed by atoms with Gasteiger partial charge in [0.15, 0.2) is 0 Å². The highest BCUT2D eigenvalue weighted by atomic mass is 19.1. The van der Waals surface area contributed by atoms with E-state index in [4.69, 9.17) is 4.74 Å². The van der Waals surface area contributed by atoms with Gasteiger partial charge in [-0.3, -0.25) is 0 Å². The number of anilines is 1. The van der Waals surface area contributed by atoms with Crippen LogP contribution in [0, 0.1) is 12.7 Å². The molecule has 0 amide bonds. The van der Waals surface area contributed by atoms with Crippen molar-refractivity contribution in [1.82, 2.24) is 9.97 Å². The fraction of sp³-hybridized carbons (Fsp3) is 0.375. The Kier molecular flexibility index (Phi) is 5.22. The Balaban J connectivity index is 2.09. The number of rotatable bonds is 6. The number of ether oxygens (including phenoxy) is 1. The maximum atomic E-state index is 13.6. The lowest BCUT2D eigenvalue weighted by molar-refractivity contribution is 0.181. The highest BCUT2D eigenvalue weighted by Crippen LogP contribution is 2.14. The Morgan fingerprint density at radius 3 is 2.76 bits per heavy atom. The molecular weight excluding hydrogens is 269 g/mol. The molecule has 0 aliphatic carbocycles. The van der Waals surface area contributed by atoms with Crippen LogP contribution in [-0.4, -0.2) is 17.1 Å². The average Bonchev–Trinajstić information content (AvgIpc) is 2.47. The van der Waals surface area contributed by atoms with Crippen LogP contribution >= 0.6 is 0 Å². The first-order valence-corrected chi connectivity index (χ1v) is 6.97. The number of halogens is 1. The summed E-state index contributed by atoms with van der Waals surface area (Å²) in [7, 11) is 1.56. The molecule has 0 saturated heterocycles. The zero-order valence-corrected chi connectivity index (χ0v) is 12.6. The lowest BCUT2D eigenvalue weighted by Crippen LogP contribution is -2.05. The van der Waals surface area contributed by atoms with Gasteiger partial charge in [0.25, 0.3) is 0 Å². The summed E-state index contributed by atoms with van der Waals surface area (Å²) in [6, 6.07) is 6.97. The number of benzene rings is 1. The van der Waals surface area contributed by atoms with Crippen molar-refractivity contribution in [1.29, 1.82) is 0 Å². The van der Waals surface area contributed by atoms with Crippen LogP contribution in [0.5, 0.6) is 0 Å². The summed E-state index contributed by atoms with van der Waals surface area (Å²) in [4.78, 5) is 8.69. The van der Waals surface area contributed by atoms with Crippen LogP contribution in [0.25, 0.3) is 0 Å². The normalized spacial score (nSPS) is 10.7. The highest BCUT2D eigenvalue weighted by Gasteiger charge is 2.05. The Morgan fingerprint density at radius 1 is 1.24 bits per heavy atom. The van der Waals surface area contributed by atoms with Gasteiger partial charge < -0.3 is 10.1 Å². The number of methoxy groups -OCH3 is 1. The molecule has 0 unspecified atom stereocenters. The monoisotopic (exact) mass is 289 g/mol. The molecule has 4 nitrogen and oxygen atoms in total. The molecular formula is C16H20FN3O. The predicted octanol–water partition coefficient (Wildman–Crippen LogP) is 3.25. The van der Waals surface area contributed by atoms with Crippen LogP contribution in [0.4, 0.5) is 10.2 Å². The van der Waals surface area contributed by atoms with Gasteiger partial charge in [0, 0.05) is 31.0 Å². The summed E-state index contributed by atoms with van der Waals surface area (Å²) >= 11 is 0. The Morgan fingerprint density at radius 2 is 2.05 bits per heavy atom. The van der Waals surface area contributed by atoms with Crippen molar-refractivity contribution in [3.63, 3.8) is 0 Å². The maximum Gasteiger partial charge on any atom is 0.130 e. The molecule has 112 valence electrons. The predicted molar refractivity (Wildman–Crippen MR) is 80.6 cm³/mol. The molecule has 21 heavy (non-hydrogen) atoms. The van der Waals surface area contributed by atoms with E-state index in [0.29, 0.717) is 12.1 Å². The number of nitrogens with one attached hydrogen (secondary N) is 1. The molecule has 0 aliphatic heterocycles. The Bertz CT molecular complexity index is 616. The summed E-state index contributed by atoms with van der Waals surface area (Å²) < 4.78 is 18.5. The van der Waals surface area contributed by atoms with Crippen LogP contribution in [0.3, 0.4) is 0 Å². The standard InChI is InChI=1S/C16H20FN3O/c1-4-14-8-16(20-11(2)19-14)18-9-12-5-6-15(17)13(7-12)10-21-3/h5-8H,4,9-10H2,1-3H3,(H,18,19,20). The number of hydrogen-bond acceptors (Lipinski definition) is 4. The van der Waals surface area contributed by atoms with Crippen LogP contribution in [0.15, 0.2) is 24.3 Å². The molecule has 1 N–H and O–H groups in total. The highest BCUT2D eigenvalue weighted by molar-refractivity contribution is 5.38. The topological polar surface area (TPSA) is 47.0 Å². The lowest BCUT2D eigenvalue weighted by Gasteiger charge is -2.10. The molecule has 0 radical (unpaired) electrons. The maximum absolute atomic E-state index is 13.6. The molecule has 0 aliphatic rings. The van der Waals surface area contributed by atoms with Gasteiger partial charge in [-0.05, 0) is 31.0 Å². The first-order chi connectivity index (χ1) is 10.1. The average molecular weight is 289 g/mol. The number of hydrogen-bond donors (Lipinski definition) is 1. The molecule has 0 atom stereocenters. The summed E-state index contributed by atoms with van der Waals surface area (Å²) in [5.74, 6) is 1.29. The van der Waals surface area contributed by atoms with Gasteiger partial charge >= 0.3 is 0 Å². The van der Waals surface area contributed by atoms with Gasteiger partial charge in [0.1, 0.15) is 17.5 Å². The van der Waals surface area contributed by atoms with Crippen LogP contribution in [0.2, 0.25) is 0 Å². The van der Waals surface area contributed by atoms with E-state index in [-0.39, 0.29) is 12.4 Å². The fourth-order valence-corrected chi connectivity index (χ4v) is 2.10. The van der Waals surface area contributed by atoms with Crippen molar-refractivity contribution in [3.05, 3.63) is 52.7 Å². The quantitative estimate of drug-likeness (QED) is 0.887. The molecule has 0 spiro atoms. The lowest BCUT2D eigenvalue weighted by atomic mass is 10.1. The third-order valence-electron chi connectivity index (χ3n) is 3.14. The summed E-state index contributed by atoms with van der Waals surface area (Å²) in [6.45, 7) is 4.78. The second kappa shape index (κ2) is 7.13. The molecule has 2 rings (SSSR count). The van der Waals surface area contributed by atoms with Gasteiger partial charge in [0.2, 0.25) is 0 Å². The Labute approximate surface area is 124 Å². The van der Waals surface area contributed by atoms with E-state index < -0.39 is 0 Å². The molecule has 1 aromatic heterocycles. The van der Waals surface area contributed by atoms with Gasteiger partial charge in [-0.2, -0.15) is 0 Å². The van der Waals surface area contributed by atoms with Gasteiger partial charge in [0.05, 0.1) is 6.61 Å². The second-order valence-corrected chi connectivity index (χ2v) is 4.86. The third-order valence-corrected chi connectivity index (χ3v) is 3.14. The van der Waals surface area contributed by atoms with Crippen molar-refractivity contribution in [3.8, 4) is 0 Å². The van der Waals surface area contributed by atoms with Crippen molar-refractivity contribution in [2.45, 2.75) is 33.4 Å². The minimum atomic E-state index is -0.244. The van der Waals surface area contributed by atoms with Crippen LogP contribution in [-0.2, 0) is 24.3 Å². The number of nitrogens with zero attached hydrogens (tertiary/aromatic N) is 2. The molecule has 1 heterocycles. The fourth-order valence-electron chi connectivity index (χ4n) is 2.10. The molecule has 0 fully saturated rings. The summed E-state index contributed by atoms with van der Waals surface area (Å²) in [5, 5.41) is 3.25. The molecule has 0 saturated carbocycles. The molecule has 5 heteroatoms. The van der Waals surface area contributed by atoms with E-state index in [2.05, 4.69) is 22.2 Å². The first-order valence-electron chi connectivity index (χ1n) is 6.97. The minimum Gasteiger partial charge on any atom is -0.380 e. The van der Waals surface area contributed by atoms with E-state index in [1.807, 2.05) is 13.0 Å². The second-order valence-electron chi connectivity index (χ2n) is 4.86. The number of aryl methyl sites for hydroxylation is 2. The number of aromatic nitrogens is 2. The Hall–Kier alpha value is -2.01.